The Morgan fingerprint density at radius 1 is 1.34 bits per heavy atom. The lowest BCUT2D eigenvalue weighted by Crippen LogP contribution is -2.20. The summed E-state index contributed by atoms with van der Waals surface area (Å²) in [5.41, 5.74) is 8.34. The third-order valence-corrected chi connectivity index (χ3v) is 9.15. The standard InChI is InChI=1S/C23H29N5O4S3/c1-3-4-9-28-17-8-6-14(35(25,31)32)11-16(17)26-23(28)33-12-19(29)27-22-20(21(24)30)15-7-5-13(2)10-18(15)34-22/h6,8,11,13H,3-5,7,9-10,12H2,1-2H3,(H2,24,30)(H,27,29)(H2,25,31,32)/t13-/m1/s1. The zero-order chi connectivity index (χ0) is 25.3. The average Bonchev–Trinajstić information content (AvgIpc) is 3.31. The molecule has 9 nitrogen and oxygen atoms in total. The Hall–Kier alpha value is -2.41. The van der Waals surface area contributed by atoms with Crippen molar-refractivity contribution in [3.8, 4) is 0 Å². The number of primary sulfonamides is 1. The van der Waals surface area contributed by atoms with E-state index in [9.17, 15) is 18.0 Å². The lowest BCUT2D eigenvalue weighted by atomic mass is 9.88. The third kappa shape index (κ3) is 5.55. The minimum Gasteiger partial charge on any atom is -0.365 e. The van der Waals surface area contributed by atoms with Gasteiger partial charge < -0.3 is 15.6 Å². The second kappa shape index (κ2) is 10.3. The van der Waals surface area contributed by atoms with Crippen LogP contribution in [-0.2, 0) is 34.2 Å². The molecule has 1 aromatic carbocycles. The highest BCUT2D eigenvalue weighted by Crippen LogP contribution is 2.39. The molecule has 1 aliphatic carbocycles. The Bertz CT molecular complexity index is 1390. The Morgan fingerprint density at radius 3 is 2.80 bits per heavy atom. The van der Waals surface area contributed by atoms with Crippen LogP contribution >= 0.6 is 23.1 Å². The first-order valence-corrected chi connectivity index (χ1v) is 14.8. The average molecular weight is 536 g/mol. The number of amides is 2. The molecular weight excluding hydrogens is 506 g/mol. The van der Waals surface area contributed by atoms with Gasteiger partial charge in [-0.2, -0.15) is 0 Å². The van der Waals surface area contributed by atoms with Crippen molar-refractivity contribution in [2.24, 2.45) is 16.8 Å². The topological polar surface area (TPSA) is 150 Å². The Balaban J connectivity index is 1.55. The maximum atomic E-state index is 12.9. The smallest absolute Gasteiger partial charge is 0.251 e. The van der Waals surface area contributed by atoms with E-state index in [2.05, 4.69) is 24.1 Å². The number of primary amides is 1. The third-order valence-electron chi connectivity index (χ3n) is 6.09. The van der Waals surface area contributed by atoms with Crippen LogP contribution in [0.15, 0.2) is 28.3 Å². The number of carbonyl (C=O) groups is 2. The highest BCUT2D eigenvalue weighted by atomic mass is 32.2. The van der Waals surface area contributed by atoms with Crippen molar-refractivity contribution in [1.29, 1.82) is 0 Å². The van der Waals surface area contributed by atoms with E-state index in [0.29, 0.717) is 33.7 Å². The van der Waals surface area contributed by atoms with Gasteiger partial charge in [-0.25, -0.2) is 18.5 Å². The summed E-state index contributed by atoms with van der Waals surface area (Å²) in [6.07, 6.45) is 4.54. The molecule has 2 heterocycles. The van der Waals surface area contributed by atoms with Gasteiger partial charge >= 0.3 is 0 Å². The number of aryl methyl sites for hydroxylation is 1. The van der Waals surface area contributed by atoms with Crippen molar-refractivity contribution in [2.45, 2.75) is 62.5 Å². The molecule has 0 saturated carbocycles. The number of anilines is 1. The number of sulfonamides is 1. The van der Waals surface area contributed by atoms with Gasteiger partial charge in [0.25, 0.3) is 5.91 Å². The Labute approximate surface area is 212 Å². The second-order valence-electron chi connectivity index (χ2n) is 8.85. The van der Waals surface area contributed by atoms with Crippen molar-refractivity contribution in [3.63, 3.8) is 0 Å². The van der Waals surface area contributed by atoms with Gasteiger partial charge in [0.15, 0.2) is 5.16 Å². The fraction of sp³-hybridized carbons (Fsp3) is 0.435. The van der Waals surface area contributed by atoms with Gasteiger partial charge in [0.1, 0.15) is 5.00 Å². The molecule has 5 N–H and O–H groups in total. The van der Waals surface area contributed by atoms with Crippen LogP contribution in [0.5, 0.6) is 0 Å². The van der Waals surface area contributed by atoms with Gasteiger partial charge in [-0.3, -0.25) is 9.59 Å². The van der Waals surface area contributed by atoms with E-state index < -0.39 is 15.9 Å². The maximum absolute atomic E-state index is 12.9. The van der Waals surface area contributed by atoms with Crippen LogP contribution in [0.2, 0.25) is 0 Å². The van der Waals surface area contributed by atoms with Crippen LogP contribution in [0.3, 0.4) is 0 Å². The van der Waals surface area contributed by atoms with Gasteiger partial charge in [-0.1, -0.05) is 32.0 Å². The highest BCUT2D eigenvalue weighted by Gasteiger charge is 2.27. The first-order chi connectivity index (χ1) is 16.6. The number of thioether (sulfide) groups is 1. The molecule has 0 radical (unpaired) electrons. The van der Waals surface area contributed by atoms with Crippen molar-refractivity contribution < 1.29 is 18.0 Å². The molecule has 3 aromatic rings. The van der Waals surface area contributed by atoms with Crippen molar-refractivity contribution in [3.05, 3.63) is 34.2 Å². The van der Waals surface area contributed by atoms with Crippen LogP contribution in [0.1, 0.15) is 53.9 Å². The predicted molar refractivity (Wildman–Crippen MR) is 139 cm³/mol. The molecule has 0 spiro atoms. The molecule has 0 fully saturated rings. The quantitative estimate of drug-likeness (QED) is 0.357. The van der Waals surface area contributed by atoms with E-state index in [4.69, 9.17) is 10.9 Å². The van der Waals surface area contributed by atoms with E-state index >= 15 is 0 Å². The zero-order valence-electron chi connectivity index (χ0n) is 19.7. The lowest BCUT2D eigenvalue weighted by molar-refractivity contribution is -0.113. The number of fused-ring (bicyclic) bond motifs is 2. The van der Waals surface area contributed by atoms with Crippen molar-refractivity contribution in [2.75, 3.05) is 11.1 Å². The second-order valence-corrected chi connectivity index (χ2v) is 12.5. The maximum Gasteiger partial charge on any atom is 0.251 e. The van der Waals surface area contributed by atoms with Crippen LogP contribution < -0.4 is 16.2 Å². The summed E-state index contributed by atoms with van der Waals surface area (Å²) in [7, 11) is -3.85. The summed E-state index contributed by atoms with van der Waals surface area (Å²) in [5, 5.41) is 9.28. The van der Waals surface area contributed by atoms with Crippen LogP contribution in [0.4, 0.5) is 5.00 Å². The largest absolute Gasteiger partial charge is 0.365 e. The van der Waals surface area contributed by atoms with E-state index in [1.165, 1.54) is 35.2 Å². The van der Waals surface area contributed by atoms with Crippen molar-refractivity contribution in [1.82, 2.24) is 9.55 Å². The summed E-state index contributed by atoms with van der Waals surface area (Å²) in [4.78, 5) is 30.7. The summed E-state index contributed by atoms with van der Waals surface area (Å²) in [5.74, 6) is -0.170. The van der Waals surface area contributed by atoms with Crippen LogP contribution in [0, 0.1) is 5.92 Å². The van der Waals surface area contributed by atoms with Crippen molar-refractivity contribution >= 4 is 61.0 Å². The molecule has 1 atom stereocenters. The number of rotatable bonds is 9. The molecule has 0 saturated heterocycles. The normalized spacial score (nSPS) is 15.8. The SMILES string of the molecule is CCCCn1c(SCC(=O)Nc2sc3c(c2C(N)=O)CC[C@@H](C)C3)nc2cc(S(N)(=O)=O)ccc21. The number of nitrogens with one attached hydrogen (secondary N) is 1. The molecule has 2 aromatic heterocycles. The van der Waals surface area contributed by atoms with Crippen LogP contribution in [-0.4, -0.2) is 35.5 Å². The first-order valence-electron chi connectivity index (χ1n) is 11.5. The highest BCUT2D eigenvalue weighted by molar-refractivity contribution is 7.99. The summed E-state index contributed by atoms with van der Waals surface area (Å²) in [6, 6.07) is 4.61. The summed E-state index contributed by atoms with van der Waals surface area (Å²) in [6.45, 7) is 4.95. The first kappa shape index (κ1) is 25.7. The molecule has 2 amide bonds. The molecule has 1 aliphatic rings. The van der Waals surface area contributed by atoms with Gasteiger partial charge in [0.2, 0.25) is 15.9 Å². The number of hydrogen-bond donors (Lipinski definition) is 3. The van der Waals surface area contributed by atoms with Gasteiger partial charge in [0.05, 0.1) is 27.2 Å². The van der Waals surface area contributed by atoms with E-state index in [0.717, 1.165) is 48.1 Å². The Morgan fingerprint density at radius 2 is 2.11 bits per heavy atom. The minimum absolute atomic E-state index is 0.00519. The molecule has 0 aliphatic heterocycles. The fourth-order valence-corrected chi connectivity index (χ4v) is 7.11. The molecule has 188 valence electrons. The van der Waals surface area contributed by atoms with E-state index in [-0.39, 0.29) is 16.6 Å². The Kier molecular flexibility index (Phi) is 7.55. The minimum atomic E-state index is -3.85. The lowest BCUT2D eigenvalue weighted by Gasteiger charge is -2.18. The molecule has 12 heteroatoms. The molecular formula is C23H29N5O4S3. The molecule has 4 rings (SSSR count). The van der Waals surface area contributed by atoms with Gasteiger partial charge in [0, 0.05) is 11.4 Å². The van der Waals surface area contributed by atoms with E-state index in [1.54, 1.807) is 6.07 Å². The number of aromatic nitrogens is 2. The number of unbranched alkanes of at least 4 members (excludes halogenated alkanes) is 1. The number of hydrogen-bond acceptors (Lipinski definition) is 7. The number of benzene rings is 1. The van der Waals surface area contributed by atoms with Crippen LogP contribution in [0.25, 0.3) is 11.0 Å². The van der Waals surface area contributed by atoms with Gasteiger partial charge in [-0.05, 0) is 55.4 Å². The number of carbonyl (C=O) groups excluding carboxylic acids is 2. The molecule has 35 heavy (non-hydrogen) atoms. The number of thiophene rings is 1. The number of nitrogens with zero attached hydrogens (tertiary/aromatic N) is 2. The monoisotopic (exact) mass is 535 g/mol. The number of imidazole rings is 1. The molecule has 0 bridgehead atoms. The number of nitrogens with two attached hydrogens (primary N) is 2. The summed E-state index contributed by atoms with van der Waals surface area (Å²) >= 11 is 2.70. The predicted octanol–water partition coefficient (Wildman–Crippen LogP) is 3.50. The van der Waals surface area contributed by atoms with E-state index in [1.807, 2.05) is 4.57 Å². The summed E-state index contributed by atoms with van der Waals surface area (Å²) < 4.78 is 25.5. The zero-order valence-corrected chi connectivity index (χ0v) is 22.1. The fourth-order valence-electron chi connectivity index (χ4n) is 4.30. The van der Waals surface area contributed by atoms with Gasteiger partial charge in [-0.15, -0.1) is 11.3 Å². The molecule has 0 unspecified atom stereocenters.